The van der Waals surface area contributed by atoms with Crippen molar-refractivity contribution in [2.24, 2.45) is 0 Å². The molecule has 10 heteroatoms. The number of hydrogen-bond acceptors (Lipinski definition) is 7. The number of aliphatic hydroxyl groups excluding tert-OH is 1. The van der Waals surface area contributed by atoms with Gasteiger partial charge in [-0.15, -0.1) is 0 Å². The zero-order valence-electron chi connectivity index (χ0n) is 20.4. The average molecular weight is 580 g/mol. The number of halogens is 1. The number of sulfonamides is 1. The number of benzene rings is 3. The Morgan fingerprint density at radius 2 is 1.69 bits per heavy atom. The first-order valence-electron chi connectivity index (χ1n) is 11.3. The predicted octanol–water partition coefficient (Wildman–Crippen LogP) is 4.02. The van der Waals surface area contributed by atoms with Crippen LogP contribution in [0.5, 0.6) is 17.2 Å². The average Bonchev–Trinajstić information content (AvgIpc) is 2.83. The highest BCUT2D eigenvalue weighted by molar-refractivity contribution is 9.10. The summed E-state index contributed by atoms with van der Waals surface area (Å²) in [6.07, 6.45) is 1.17. The van der Waals surface area contributed by atoms with Crippen molar-refractivity contribution in [3.05, 3.63) is 81.8 Å². The second kappa shape index (κ2) is 12.4. The van der Waals surface area contributed by atoms with Gasteiger partial charge in [0.1, 0.15) is 5.75 Å². The summed E-state index contributed by atoms with van der Waals surface area (Å²) in [6, 6.07) is 18.1. The molecule has 0 aliphatic heterocycles. The van der Waals surface area contributed by atoms with Crippen LogP contribution in [0.1, 0.15) is 22.7 Å². The van der Waals surface area contributed by atoms with Crippen LogP contribution in [0.25, 0.3) is 0 Å². The summed E-state index contributed by atoms with van der Waals surface area (Å²) >= 11 is 3.61. The molecule has 0 spiro atoms. The molecule has 4 N–H and O–H groups in total. The quantitative estimate of drug-likeness (QED) is 0.240. The first kappa shape index (κ1) is 27.8. The highest BCUT2D eigenvalue weighted by Gasteiger charge is 2.18. The van der Waals surface area contributed by atoms with Crippen LogP contribution in [0.2, 0.25) is 0 Å². The number of ether oxygens (including phenoxy) is 2. The molecule has 0 saturated carbocycles. The molecule has 0 amide bonds. The Labute approximate surface area is 220 Å². The van der Waals surface area contributed by atoms with Crippen LogP contribution < -0.4 is 19.5 Å². The smallest absolute Gasteiger partial charge is 0.229 e. The maximum Gasteiger partial charge on any atom is 0.229 e. The molecule has 3 aromatic carbocycles. The molecule has 0 radical (unpaired) electrons. The molecule has 194 valence electrons. The first-order chi connectivity index (χ1) is 17.1. The van der Waals surface area contributed by atoms with Crippen molar-refractivity contribution in [1.82, 2.24) is 5.32 Å². The fraction of sp³-hybridized carbons (Fsp3) is 0.308. The van der Waals surface area contributed by atoms with E-state index >= 15 is 0 Å². The molecule has 0 aliphatic carbocycles. The standard InChI is InChI=1S/C26H31BrN2O6S/c1-34-25-11-9-19(15-26(25)35-2)22(14-18-6-4-5-7-21(18)27)28-16-20(30)12-17-8-10-24(31)23(13-17)29-36(3,32)33/h4-11,13,15,20,22,28-31H,12,14,16H2,1-3H3/t20-,22+/m0/s1. The summed E-state index contributed by atoms with van der Waals surface area (Å²) in [5, 5.41) is 24.2. The Morgan fingerprint density at radius 3 is 2.36 bits per heavy atom. The largest absolute Gasteiger partial charge is 0.506 e. The summed E-state index contributed by atoms with van der Waals surface area (Å²) in [5.41, 5.74) is 2.84. The lowest BCUT2D eigenvalue weighted by Gasteiger charge is -2.23. The van der Waals surface area contributed by atoms with Gasteiger partial charge in [-0.05, 0) is 59.9 Å². The Balaban J connectivity index is 1.77. The number of nitrogens with one attached hydrogen (secondary N) is 2. The Hall–Kier alpha value is -2.79. The minimum atomic E-state index is -3.55. The van der Waals surface area contributed by atoms with E-state index < -0.39 is 16.1 Å². The third-order valence-corrected chi connectivity index (χ3v) is 6.98. The third-order valence-electron chi connectivity index (χ3n) is 5.62. The highest BCUT2D eigenvalue weighted by atomic mass is 79.9. The second-order valence-corrected chi connectivity index (χ2v) is 11.1. The number of phenolic OH excluding ortho intramolecular Hbond substituents is 1. The third kappa shape index (κ3) is 7.86. The molecule has 2 atom stereocenters. The van der Waals surface area contributed by atoms with Crippen LogP contribution >= 0.6 is 15.9 Å². The van der Waals surface area contributed by atoms with Gasteiger partial charge in [0.25, 0.3) is 0 Å². The number of phenols is 1. The van der Waals surface area contributed by atoms with Crippen LogP contribution in [0.3, 0.4) is 0 Å². The summed E-state index contributed by atoms with van der Waals surface area (Å²) in [6.45, 7) is 0.277. The molecule has 0 aliphatic rings. The summed E-state index contributed by atoms with van der Waals surface area (Å²) in [5.74, 6) is 1.06. The molecule has 0 fully saturated rings. The molecule has 3 aromatic rings. The van der Waals surface area contributed by atoms with Crippen molar-refractivity contribution in [1.29, 1.82) is 0 Å². The topological polar surface area (TPSA) is 117 Å². The molecule has 0 heterocycles. The van der Waals surface area contributed by atoms with Crippen LogP contribution in [0.15, 0.2) is 65.1 Å². The summed E-state index contributed by atoms with van der Waals surface area (Å²) in [4.78, 5) is 0. The number of aliphatic hydroxyl groups is 1. The van der Waals surface area contributed by atoms with Crippen molar-refractivity contribution < 1.29 is 28.1 Å². The van der Waals surface area contributed by atoms with E-state index in [1.807, 2.05) is 42.5 Å². The minimum absolute atomic E-state index is 0.0762. The van der Waals surface area contributed by atoms with E-state index in [1.165, 1.54) is 12.1 Å². The molecule has 0 saturated heterocycles. The maximum atomic E-state index is 11.6. The van der Waals surface area contributed by atoms with Crippen molar-refractivity contribution in [3.8, 4) is 17.2 Å². The maximum absolute atomic E-state index is 11.6. The van der Waals surface area contributed by atoms with Crippen molar-refractivity contribution >= 4 is 31.6 Å². The fourth-order valence-corrected chi connectivity index (χ4v) is 4.89. The second-order valence-electron chi connectivity index (χ2n) is 8.45. The Kier molecular flexibility index (Phi) is 9.61. The monoisotopic (exact) mass is 578 g/mol. The number of hydrogen-bond donors (Lipinski definition) is 4. The molecular formula is C26H31BrN2O6S. The van der Waals surface area contributed by atoms with Gasteiger partial charge in [-0.3, -0.25) is 4.72 Å². The van der Waals surface area contributed by atoms with Gasteiger partial charge in [-0.25, -0.2) is 8.42 Å². The predicted molar refractivity (Wildman–Crippen MR) is 144 cm³/mol. The molecule has 3 rings (SSSR count). The zero-order valence-corrected chi connectivity index (χ0v) is 22.8. The lowest BCUT2D eigenvalue weighted by atomic mass is 9.97. The van der Waals surface area contributed by atoms with E-state index in [0.717, 1.165) is 21.9 Å². The van der Waals surface area contributed by atoms with Gasteiger partial charge in [-0.2, -0.15) is 0 Å². The number of methoxy groups -OCH3 is 2. The van der Waals surface area contributed by atoms with E-state index in [2.05, 4.69) is 26.0 Å². The summed E-state index contributed by atoms with van der Waals surface area (Å²) in [7, 11) is -0.371. The fourth-order valence-electron chi connectivity index (χ4n) is 3.88. The Morgan fingerprint density at radius 1 is 0.972 bits per heavy atom. The highest BCUT2D eigenvalue weighted by Crippen LogP contribution is 2.32. The van der Waals surface area contributed by atoms with E-state index in [0.29, 0.717) is 23.5 Å². The van der Waals surface area contributed by atoms with Crippen molar-refractivity contribution in [2.45, 2.75) is 25.0 Å². The molecule has 0 bridgehead atoms. The van der Waals surface area contributed by atoms with Gasteiger partial charge < -0.3 is 25.0 Å². The van der Waals surface area contributed by atoms with Gasteiger partial charge in [0.15, 0.2) is 11.5 Å². The lowest BCUT2D eigenvalue weighted by Crippen LogP contribution is -2.32. The molecule has 36 heavy (non-hydrogen) atoms. The van der Waals surface area contributed by atoms with E-state index in [-0.39, 0.29) is 30.4 Å². The zero-order chi connectivity index (χ0) is 26.3. The molecule has 8 nitrogen and oxygen atoms in total. The van der Waals surface area contributed by atoms with Crippen LogP contribution in [-0.4, -0.2) is 51.8 Å². The Bertz CT molecular complexity index is 1290. The van der Waals surface area contributed by atoms with Gasteiger partial charge in [0.2, 0.25) is 10.0 Å². The van der Waals surface area contributed by atoms with Crippen molar-refractivity contribution in [2.75, 3.05) is 31.7 Å². The number of aromatic hydroxyl groups is 1. The minimum Gasteiger partial charge on any atom is -0.506 e. The van der Waals surface area contributed by atoms with Crippen LogP contribution in [0.4, 0.5) is 5.69 Å². The number of rotatable bonds is 12. The van der Waals surface area contributed by atoms with Crippen LogP contribution in [0, 0.1) is 0 Å². The van der Waals surface area contributed by atoms with E-state index in [9.17, 15) is 18.6 Å². The van der Waals surface area contributed by atoms with Gasteiger partial charge >= 0.3 is 0 Å². The normalized spacial score (nSPS) is 13.1. The SMILES string of the molecule is COc1ccc([C@@H](Cc2ccccc2Br)NC[C@@H](O)Cc2ccc(O)c(NS(C)(=O)=O)c2)cc1OC. The van der Waals surface area contributed by atoms with Gasteiger partial charge in [0, 0.05) is 17.1 Å². The lowest BCUT2D eigenvalue weighted by molar-refractivity contribution is 0.167. The summed E-state index contributed by atoms with van der Waals surface area (Å²) < 4.78 is 37.2. The molecule has 0 aromatic heterocycles. The number of anilines is 1. The van der Waals surface area contributed by atoms with E-state index in [1.54, 1.807) is 20.3 Å². The van der Waals surface area contributed by atoms with Gasteiger partial charge in [0.05, 0.1) is 32.3 Å². The molecule has 0 unspecified atom stereocenters. The van der Waals surface area contributed by atoms with Gasteiger partial charge in [-0.1, -0.05) is 46.3 Å². The van der Waals surface area contributed by atoms with Crippen molar-refractivity contribution in [3.63, 3.8) is 0 Å². The van der Waals surface area contributed by atoms with E-state index in [4.69, 9.17) is 9.47 Å². The first-order valence-corrected chi connectivity index (χ1v) is 13.9. The molecular weight excluding hydrogens is 548 g/mol. The van der Waals surface area contributed by atoms with Crippen LogP contribution in [-0.2, 0) is 22.9 Å².